The third-order valence-electron chi connectivity index (χ3n) is 3.22. The number of amidine groups is 1. The molecule has 1 heterocycles. The molecule has 2 amide bonds. The van der Waals surface area contributed by atoms with Crippen LogP contribution in [0.2, 0.25) is 0 Å². The van der Waals surface area contributed by atoms with E-state index in [0.717, 1.165) is 0 Å². The lowest BCUT2D eigenvalue weighted by molar-refractivity contribution is -0.123. The molecule has 1 aromatic carbocycles. The molecule has 1 aliphatic heterocycles. The molecule has 1 aromatic rings. The highest BCUT2D eigenvalue weighted by Gasteiger charge is 2.32. The number of fused-ring (bicyclic) bond motifs is 1. The summed E-state index contributed by atoms with van der Waals surface area (Å²) in [5.74, 6) is -1.53. The van der Waals surface area contributed by atoms with Crippen LogP contribution in [0, 0.1) is 5.92 Å². The SMILES string of the molecule is CCC(C(=O)N1CC(=O)Nc2ccccc21)C(N)=NO. The van der Waals surface area contributed by atoms with E-state index in [1.165, 1.54) is 4.90 Å². The standard InChI is InChI=1S/C13H16N4O3/c1-2-8(12(14)16-20)13(19)17-7-11(18)15-9-5-3-4-6-10(9)17/h3-6,8,20H,2,7H2,1H3,(H2,14,16)(H,15,18). The van der Waals surface area contributed by atoms with Crippen molar-refractivity contribution in [3.8, 4) is 0 Å². The van der Waals surface area contributed by atoms with Crippen LogP contribution in [0.1, 0.15) is 13.3 Å². The van der Waals surface area contributed by atoms with Gasteiger partial charge in [-0.15, -0.1) is 0 Å². The number of rotatable bonds is 3. The molecule has 20 heavy (non-hydrogen) atoms. The van der Waals surface area contributed by atoms with E-state index in [1.54, 1.807) is 31.2 Å². The molecule has 0 spiro atoms. The molecule has 0 bridgehead atoms. The lowest BCUT2D eigenvalue weighted by Crippen LogP contribution is -2.47. The highest BCUT2D eigenvalue weighted by atomic mass is 16.4. The second kappa shape index (κ2) is 5.60. The number of anilines is 2. The smallest absolute Gasteiger partial charge is 0.244 e. The van der Waals surface area contributed by atoms with Crippen LogP contribution in [0.15, 0.2) is 29.4 Å². The van der Waals surface area contributed by atoms with Crippen LogP contribution in [0.3, 0.4) is 0 Å². The van der Waals surface area contributed by atoms with Crippen LogP contribution in [0.4, 0.5) is 11.4 Å². The van der Waals surface area contributed by atoms with Gasteiger partial charge in [0.1, 0.15) is 6.54 Å². The van der Waals surface area contributed by atoms with Crippen molar-refractivity contribution in [2.45, 2.75) is 13.3 Å². The second-order valence-corrected chi connectivity index (χ2v) is 4.48. The summed E-state index contributed by atoms with van der Waals surface area (Å²) < 4.78 is 0. The van der Waals surface area contributed by atoms with Gasteiger partial charge in [-0.25, -0.2) is 0 Å². The van der Waals surface area contributed by atoms with Gasteiger partial charge >= 0.3 is 0 Å². The minimum absolute atomic E-state index is 0.0783. The summed E-state index contributed by atoms with van der Waals surface area (Å²) in [5, 5.41) is 14.3. The maximum atomic E-state index is 12.5. The average Bonchev–Trinajstić information content (AvgIpc) is 2.46. The molecule has 7 nitrogen and oxygen atoms in total. The van der Waals surface area contributed by atoms with Gasteiger partial charge in [0.05, 0.1) is 17.3 Å². The molecule has 4 N–H and O–H groups in total. The van der Waals surface area contributed by atoms with Crippen LogP contribution >= 0.6 is 0 Å². The number of nitrogens with two attached hydrogens (primary N) is 1. The third-order valence-corrected chi connectivity index (χ3v) is 3.22. The Morgan fingerprint density at radius 2 is 2.25 bits per heavy atom. The Hall–Kier alpha value is -2.57. The Balaban J connectivity index is 2.37. The number of oxime groups is 1. The van der Waals surface area contributed by atoms with Crippen LogP contribution in [0.5, 0.6) is 0 Å². The monoisotopic (exact) mass is 276 g/mol. The molecule has 1 unspecified atom stereocenters. The van der Waals surface area contributed by atoms with Crippen molar-refractivity contribution in [1.29, 1.82) is 0 Å². The van der Waals surface area contributed by atoms with Crippen molar-refractivity contribution >= 4 is 29.0 Å². The molecular weight excluding hydrogens is 260 g/mol. The van der Waals surface area contributed by atoms with Gasteiger partial charge in [-0.05, 0) is 18.6 Å². The van der Waals surface area contributed by atoms with Crippen molar-refractivity contribution in [3.05, 3.63) is 24.3 Å². The molecule has 1 atom stereocenters. The first kappa shape index (κ1) is 13.9. The summed E-state index contributed by atoms with van der Waals surface area (Å²) in [6.45, 7) is 1.68. The predicted octanol–water partition coefficient (Wildman–Crippen LogP) is 0.744. The van der Waals surface area contributed by atoms with Crippen molar-refractivity contribution in [2.75, 3.05) is 16.8 Å². The van der Waals surface area contributed by atoms with Gasteiger partial charge < -0.3 is 21.2 Å². The Kier molecular flexibility index (Phi) is 3.88. The molecular formula is C13H16N4O3. The van der Waals surface area contributed by atoms with Crippen molar-refractivity contribution < 1.29 is 14.8 Å². The molecule has 0 aliphatic carbocycles. The van der Waals surface area contributed by atoms with E-state index < -0.39 is 5.92 Å². The molecule has 0 aromatic heterocycles. The summed E-state index contributed by atoms with van der Waals surface area (Å²) in [6, 6.07) is 7.01. The molecule has 2 rings (SSSR count). The van der Waals surface area contributed by atoms with Crippen molar-refractivity contribution in [2.24, 2.45) is 16.8 Å². The predicted molar refractivity (Wildman–Crippen MR) is 74.6 cm³/mol. The zero-order valence-corrected chi connectivity index (χ0v) is 11.0. The van der Waals surface area contributed by atoms with E-state index in [1.807, 2.05) is 0 Å². The van der Waals surface area contributed by atoms with E-state index in [-0.39, 0.29) is 24.2 Å². The summed E-state index contributed by atoms with van der Waals surface area (Å²) in [4.78, 5) is 25.5. The molecule has 1 aliphatic rings. The Morgan fingerprint density at radius 3 is 2.90 bits per heavy atom. The average molecular weight is 276 g/mol. The third kappa shape index (κ3) is 2.42. The second-order valence-electron chi connectivity index (χ2n) is 4.48. The number of amides is 2. The lowest BCUT2D eigenvalue weighted by Gasteiger charge is -2.31. The van der Waals surface area contributed by atoms with Gasteiger partial charge in [0.2, 0.25) is 11.8 Å². The first-order valence-electron chi connectivity index (χ1n) is 6.26. The van der Waals surface area contributed by atoms with Gasteiger partial charge in [-0.1, -0.05) is 24.2 Å². The van der Waals surface area contributed by atoms with Crippen LogP contribution in [-0.2, 0) is 9.59 Å². The molecule has 0 fully saturated rings. The molecule has 7 heteroatoms. The summed E-state index contributed by atoms with van der Waals surface area (Å²) in [7, 11) is 0. The van der Waals surface area contributed by atoms with Crippen molar-refractivity contribution in [1.82, 2.24) is 0 Å². The first-order chi connectivity index (χ1) is 9.58. The zero-order valence-electron chi connectivity index (χ0n) is 11.0. The molecule has 106 valence electrons. The van der Waals surface area contributed by atoms with Crippen LogP contribution in [-0.4, -0.2) is 29.4 Å². The minimum Gasteiger partial charge on any atom is -0.409 e. The fraction of sp³-hybridized carbons (Fsp3) is 0.308. The number of carbonyl (C=O) groups excluding carboxylic acids is 2. The lowest BCUT2D eigenvalue weighted by atomic mass is 10.0. The van der Waals surface area contributed by atoms with E-state index >= 15 is 0 Å². The quantitative estimate of drug-likeness (QED) is 0.327. The van der Waals surface area contributed by atoms with Crippen molar-refractivity contribution in [3.63, 3.8) is 0 Å². The van der Waals surface area contributed by atoms with Gasteiger partial charge in [-0.2, -0.15) is 0 Å². The maximum absolute atomic E-state index is 12.5. The number of carbonyl (C=O) groups is 2. The number of hydrogen-bond donors (Lipinski definition) is 3. The Bertz CT molecular complexity index is 570. The van der Waals surface area contributed by atoms with Gasteiger partial charge in [0.15, 0.2) is 5.84 Å². The van der Waals surface area contributed by atoms with Gasteiger partial charge in [0.25, 0.3) is 0 Å². The van der Waals surface area contributed by atoms with Crippen LogP contribution < -0.4 is 16.0 Å². The molecule has 0 saturated carbocycles. The highest BCUT2D eigenvalue weighted by Crippen LogP contribution is 2.30. The number of para-hydroxylation sites is 2. The first-order valence-corrected chi connectivity index (χ1v) is 6.26. The number of nitrogens with zero attached hydrogens (tertiary/aromatic N) is 2. The van der Waals surface area contributed by atoms with Gasteiger partial charge in [-0.3, -0.25) is 9.59 Å². The topological polar surface area (TPSA) is 108 Å². The maximum Gasteiger partial charge on any atom is 0.244 e. The number of hydrogen-bond acceptors (Lipinski definition) is 4. The van der Waals surface area contributed by atoms with E-state index in [4.69, 9.17) is 10.9 Å². The fourth-order valence-corrected chi connectivity index (χ4v) is 2.20. The fourth-order valence-electron chi connectivity index (χ4n) is 2.20. The number of nitrogens with one attached hydrogen (secondary N) is 1. The normalized spacial score (nSPS) is 16.4. The van der Waals surface area contributed by atoms with E-state index in [0.29, 0.717) is 17.8 Å². The number of benzene rings is 1. The summed E-state index contributed by atoms with van der Waals surface area (Å²) in [5.41, 5.74) is 6.73. The van der Waals surface area contributed by atoms with Crippen LogP contribution in [0.25, 0.3) is 0 Å². The largest absolute Gasteiger partial charge is 0.409 e. The zero-order chi connectivity index (χ0) is 14.7. The van der Waals surface area contributed by atoms with E-state index in [9.17, 15) is 9.59 Å². The van der Waals surface area contributed by atoms with Gasteiger partial charge in [0, 0.05) is 0 Å². The minimum atomic E-state index is -0.751. The highest BCUT2D eigenvalue weighted by molar-refractivity contribution is 6.15. The Morgan fingerprint density at radius 1 is 1.55 bits per heavy atom. The Labute approximate surface area is 116 Å². The summed E-state index contributed by atoms with van der Waals surface area (Å²) >= 11 is 0. The van der Waals surface area contributed by atoms with E-state index in [2.05, 4.69) is 10.5 Å². The molecule has 0 radical (unpaired) electrons. The summed E-state index contributed by atoms with van der Waals surface area (Å²) in [6.07, 6.45) is 0.384. The molecule has 0 saturated heterocycles.